The van der Waals surface area contributed by atoms with Crippen LogP contribution < -0.4 is 16.0 Å². The van der Waals surface area contributed by atoms with E-state index in [-0.39, 0.29) is 29.6 Å². The van der Waals surface area contributed by atoms with Gasteiger partial charge in [0.25, 0.3) is 5.69 Å². The van der Waals surface area contributed by atoms with Gasteiger partial charge in [0.05, 0.1) is 16.7 Å². The molecule has 1 aliphatic heterocycles. The molecule has 8 nitrogen and oxygen atoms in total. The van der Waals surface area contributed by atoms with Crippen LogP contribution in [0, 0.1) is 15.9 Å². The second kappa shape index (κ2) is 6.50. The lowest BCUT2D eigenvalue weighted by atomic mass is 10.2. The van der Waals surface area contributed by atoms with E-state index in [9.17, 15) is 19.3 Å². The number of hydrogen-bond donors (Lipinski definition) is 2. The molecule has 3 N–H and O–H groups in total. The minimum absolute atomic E-state index is 0.0495. The van der Waals surface area contributed by atoms with Crippen LogP contribution in [0.25, 0.3) is 0 Å². The number of nitrogens with zero attached hydrogens (tertiary/aromatic N) is 2. The molecule has 1 aliphatic rings. The Kier molecular flexibility index (Phi) is 4.81. The maximum Gasteiger partial charge on any atom is 0.407 e. The Morgan fingerprint density at radius 2 is 2.17 bits per heavy atom. The van der Waals surface area contributed by atoms with Gasteiger partial charge in [0.2, 0.25) is 0 Å². The number of carbonyl (C=O) groups is 1. The summed E-state index contributed by atoms with van der Waals surface area (Å²) in [5.41, 5.74) is 4.61. The molecule has 1 aromatic rings. The fourth-order valence-electron chi connectivity index (χ4n) is 2.61. The Morgan fingerprint density at radius 3 is 2.75 bits per heavy atom. The van der Waals surface area contributed by atoms with E-state index in [1.54, 1.807) is 25.7 Å². The van der Waals surface area contributed by atoms with Crippen LogP contribution in [0.3, 0.4) is 0 Å². The zero-order valence-electron chi connectivity index (χ0n) is 13.8. The number of carbonyl (C=O) groups excluding carboxylic acids is 1. The second-order valence-electron chi connectivity index (χ2n) is 6.66. The van der Waals surface area contributed by atoms with E-state index >= 15 is 0 Å². The maximum absolute atomic E-state index is 13.7. The fourth-order valence-corrected chi connectivity index (χ4v) is 2.61. The molecule has 1 saturated heterocycles. The summed E-state index contributed by atoms with van der Waals surface area (Å²) in [6.07, 6.45) is -0.0112. The first-order valence-electron chi connectivity index (χ1n) is 7.55. The Bertz CT molecular complexity index is 660. The van der Waals surface area contributed by atoms with Gasteiger partial charge in [-0.3, -0.25) is 10.1 Å². The van der Waals surface area contributed by atoms with Crippen LogP contribution in [0.4, 0.5) is 26.2 Å². The molecule has 24 heavy (non-hydrogen) atoms. The average molecular weight is 340 g/mol. The molecular formula is C15H21FN4O4. The normalized spacial score (nSPS) is 17.7. The highest BCUT2D eigenvalue weighted by Gasteiger charge is 2.32. The van der Waals surface area contributed by atoms with Gasteiger partial charge in [-0.1, -0.05) is 0 Å². The van der Waals surface area contributed by atoms with E-state index in [0.29, 0.717) is 13.0 Å². The molecule has 0 aliphatic carbocycles. The zero-order valence-corrected chi connectivity index (χ0v) is 13.8. The lowest BCUT2D eigenvalue weighted by Gasteiger charge is -2.23. The summed E-state index contributed by atoms with van der Waals surface area (Å²) in [6.45, 7) is 5.96. The Morgan fingerprint density at radius 1 is 1.50 bits per heavy atom. The van der Waals surface area contributed by atoms with E-state index in [4.69, 9.17) is 10.5 Å². The smallest absolute Gasteiger partial charge is 0.407 e. The summed E-state index contributed by atoms with van der Waals surface area (Å²) in [5.74, 6) is -0.709. The molecule has 0 bridgehead atoms. The molecule has 9 heteroatoms. The highest BCUT2D eigenvalue weighted by molar-refractivity contribution is 5.79. The molecule has 0 saturated carbocycles. The van der Waals surface area contributed by atoms with Crippen LogP contribution in [0.15, 0.2) is 12.1 Å². The third kappa shape index (κ3) is 4.03. The number of ether oxygens (including phenoxy) is 1. The Labute approximate surface area is 138 Å². The van der Waals surface area contributed by atoms with Crippen molar-refractivity contribution in [3.63, 3.8) is 0 Å². The van der Waals surface area contributed by atoms with Crippen LogP contribution in [-0.2, 0) is 4.74 Å². The van der Waals surface area contributed by atoms with E-state index in [0.717, 1.165) is 12.1 Å². The van der Waals surface area contributed by atoms with Crippen molar-refractivity contribution in [2.45, 2.75) is 38.8 Å². The number of nitro groups is 1. The van der Waals surface area contributed by atoms with Gasteiger partial charge in [0.1, 0.15) is 17.1 Å². The quantitative estimate of drug-likeness (QED) is 0.497. The van der Waals surface area contributed by atoms with Crippen molar-refractivity contribution < 1.29 is 18.8 Å². The lowest BCUT2D eigenvalue weighted by Crippen LogP contribution is -2.40. The second-order valence-corrected chi connectivity index (χ2v) is 6.66. The SMILES string of the molecule is CC(C)(C)OC(=O)N[C@@H]1CCN(c2c([N+](=O)[O-])ccc(F)c2N)C1. The third-order valence-electron chi connectivity index (χ3n) is 3.56. The molecule has 1 aromatic carbocycles. The molecule has 132 valence electrons. The fraction of sp³-hybridized carbons (Fsp3) is 0.533. The third-order valence-corrected chi connectivity index (χ3v) is 3.56. The van der Waals surface area contributed by atoms with Crippen molar-refractivity contribution in [1.29, 1.82) is 0 Å². The summed E-state index contributed by atoms with van der Waals surface area (Å²) in [4.78, 5) is 24.0. The van der Waals surface area contributed by atoms with E-state index in [1.165, 1.54) is 0 Å². The first-order chi connectivity index (χ1) is 11.1. The molecule has 1 amide bonds. The van der Waals surface area contributed by atoms with Crippen LogP contribution in [0.2, 0.25) is 0 Å². The molecule has 1 fully saturated rings. The van der Waals surface area contributed by atoms with E-state index in [2.05, 4.69) is 5.32 Å². The monoisotopic (exact) mass is 340 g/mol. The summed E-state index contributed by atoms with van der Waals surface area (Å²) >= 11 is 0. The summed E-state index contributed by atoms with van der Waals surface area (Å²) in [7, 11) is 0. The van der Waals surface area contributed by atoms with Gasteiger partial charge in [0, 0.05) is 19.2 Å². The molecule has 0 unspecified atom stereocenters. The van der Waals surface area contributed by atoms with Gasteiger partial charge in [0.15, 0.2) is 0 Å². The van der Waals surface area contributed by atoms with Crippen molar-refractivity contribution in [1.82, 2.24) is 5.32 Å². The van der Waals surface area contributed by atoms with Crippen LogP contribution in [-0.4, -0.2) is 35.7 Å². The van der Waals surface area contributed by atoms with Crippen molar-refractivity contribution in [3.8, 4) is 0 Å². The first-order valence-corrected chi connectivity index (χ1v) is 7.55. The summed E-state index contributed by atoms with van der Waals surface area (Å²) in [5, 5.41) is 13.9. The molecule has 1 atom stereocenters. The standard InChI is InChI=1S/C15H21FN4O4/c1-15(2,3)24-14(21)18-9-6-7-19(8-9)13-11(20(22)23)5-4-10(16)12(13)17/h4-5,9H,6-8,17H2,1-3H3,(H,18,21)/t9-/m1/s1. The predicted molar refractivity (Wildman–Crippen MR) is 87.5 cm³/mol. The number of amides is 1. The number of rotatable bonds is 3. The molecule has 0 radical (unpaired) electrons. The lowest BCUT2D eigenvalue weighted by molar-refractivity contribution is -0.384. The van der Waals surface area contributed by atoms with Crippen LogP contribution in [0.5, 0.6) is 0 Å². The predicted octanol–water partition coefficient (Wildman–Crippen LogP) is 2.42. The number of nitrogen functional groups attached to an aromatic ring is 1. The number of hydrogen-bond acceptors (Lipinski definition) is 6. The van der Waals surface area contributed by atoms with E-state index < -0.39 is 22.4 Å². The van der Waals surface area contributed by atoms with Gasteiger partial charge < -0.3 is 20.7 Å². The number of halogens is 1. The zero-order chi connectivity index (χ0) is 18.1. The number of nitro benzene ring substituents is 1. The minimum atomic E-state index is -0.709. The topological polar surface area (TPSA) is 111 Å². The molecular weight excluding hydrogens is 319 g/mol. The van der Waals surface area contributed by atoms with Gasteiger partial charge in [-0.2, -0.15) is 0 Å². The molecule has 0 aromatic heterocycles. The van der Waals surface area contributed by atoms with Crippen molar-refractivity contribution in [2.24, 2.45) is 0 Å². The minimum Gasteiger partial charge on any atom is -0.444 e. The van der Waals surface area contributed by atoms with Crippen molar-refractivity contribution in [2.75, 3.05) is 23.7 Å². The highest BCUT2D eigenvalue weighted by atomic mass is 19.1. The molecule has 1 heterocycles. The average Bonchev–Trinajstić information content (AvgIpc) is 2.87. The van der Waals surface area contributed by atoms with E-state index in [1.807, 2.05) is 0 Å². The highest BCUT2D eigenvalue weighted by Crippen LogP contribution is 2.37. The number of alkyl carbamates (subject to hydrolysis) is 1. The molecule has 2 rings (SSSR count). The Balaban J connectivity index is 2.13. The summed E-state index contributed by atoms with van der Waals surface area (Å²) in [6, 6.07) is 1.81. The molecule has 0 spiro atoms. The van der Waals surface area contributed by atoms with Gasteiger partial charge in [-0.05, 0) is 33.3 Å². The summed E-state index contributed by atoms with van der Waals surface area (Å²) < 4.78 is 18.9. The largest absolute Gasteiger partial charge is 0.444 e. The van der Waals surface area contributed by atoms with Gasteiger partial charge in [-0.25, -0.2) is 9.18 Å². The van der Waals surface area contributed by atoms with Crippen molar-refractivity contribution in [3.05, 3.63) is 28.1 Å². The van der Waals surface area contributed by atoms with Crippen LogP contribution in [0.1, 0.15) is 27.2 Å². The number of nitrogens with one attached hydrogen (secondary N) is 1. The van der Waals surface area contributed by atoms with Crippen LogP contribution >= 0.6 is 0 Å². The van der Waals surface area contributed by atoms with Gasteiger partial charge >= 0.3 is 6.09 Å². The van der Waals surface area contributed by atoms with Gasteiger partial charge in [-0.15, -0.1) is 0 Å². The maximum atomic E-state index is 13.7. The Hall–Kier alpha value is -2.58. The number of anilines is 2. The first kappa shape index (κ1) is 17.8. The number of nitrogens with two attached hydrogens (primary N) is 1. The number of benzene rings is 1. The van der Waals surface area contributed by atoms with Crippen molar-refractivity contribution >= 4 is 23.2 Å².